The number of carbonyl (C=O) groups is 3. The average Bonchev–Trinajstić information content (AvgIpc) is 3.10. The molecule has 2 N–H and O–H groups in total. The van der Waals surface area contributed by atoms with Gasteiger partial charge in [0.1, 0.15) is 12.1 Å². The second kappa shape index (κ2) is 9.53. The highest BCUT2D eigenvalue weighted by atomic mass is 32.2. The minimum absolute atomic E-state index is 0.0382. The summed E-state index contributed by atoms with van der Waals surface area (Å²) in [6, 6.07) is 14.1. The topological polar surface area (TPSA) is 125 Å². The minimum atomic E-state index is -3.74. The Labute approximate surface area is 197 Å². The summed E-state index contributed by atoms with van der Waals surface area (Å²) in [5, 5.41) is 5.32. The Morgan fingerprint density at radius 3 is 2.47 bits per heavy atom. The zero-order valence-electron chi connectivity index (χ0n) is 18.7. The van der Waals surface area contributed by atoms with Crippen LogP contribution in [0, 0.1) is 0 Å². The standard InChI is InChI=1S/C23H26N4O6S/c1-2-23(17-7-4-3-5-8-17)21(29)27(22(30)25-23)16-20(28)24-18-9-6-10-19(15-18)34(31,32)26-11-13-33-14-12-26/h3-10,15H,2,11-14,16H2,1H3,(H,24,28)(H,25,30)/t23-/m1/s1. The summed E-state index contributed by atoms with van der Waals surface area (Å²) in [5.74, 6) is -1.13. The van der Waals surface area contributed by atoms with Gasteiger partial charge in [-0.25, -0.2) is 13.2 Å². The van der Waals surface area contributed by atoms with Crippen molar-refractivity contribution in [2.24, 2.45) is 0 Å². The van der Waals surface area contributed by atoms with Crippen LogP contribution < -0.4 is 10.6 Å². The fourth-order valence-corrected chi connectivity index (χ4v) is 5.60. The van der Waals surface area contributed by atoms with Crippen molar-refractivity contribution in [3.05, 3.63) is 60.2 Å². The number of nitrogens with one attached hydrogen (secondary N) is 2. The molecule has 0 radical (unpaired) electrons. The maximum atomic E-state index is 13.2. The predicted molar refractivity (Wildman–Crippen MR) is 123 cm³/mol. The first-order valence-corrected chi connectivity index (χ1v) is 12.4. The van der Waals surface area contributed by atoms with Crippen LogP contribution in [0.4, 0.5) is 10.5 Å². The molecule has 11 heteroatoms. The van der Waals surface area contributed by atoms with Crippen LogP contribution in [0.2, 0.25) is 0 Å². The number of morpholine rings is 1. The molecule has 0 saturated carbocycles. The largest absolute Gasteiger partial charge is 0.379 e. The van der Waals surface area contributed by atoms with Crippen molar-refractivity contribution in [2.75, 3.05) is 38.2 Å². The molecular weight excluding hydrogens is 460 g/mol. The Balaban J connectivity index is 1.47. The highest BCUT2D eigenvalue weighted by molar-refractivity contribution is 7.89. The molecule has 2 saturated heterocycles. The van der Waals surface area contributed by atoms with E-state index in [-0.39, 0.29) is 23.7 Å². The molecule has 2 heterocycles. The number of hydrogen-bond donors (Lipinski definition) is 2. The van der Waals surface area contributed by atoms with Crippen molar-refractivity contribution in [3.63, 3.8) is 0 Å². The van der Waals surface area contributed by atoms with E-state index < -0.39 is 40.0 Å². The van der Waals surface area contributed by atoms with Gasteiger partial charge in [-0.1, -0.05) is 43.3 Å². The lowest BCUT2D eigenvalue weighted by molar-refractivity contribution is -0.134. The van der Waals surface area contributed by atoms with E-state index in [0.29, 0.717) is 25.2 Å². The van der Waals surface area contributed by atoms with Crippen LogP contribution in [0.25, 0.3) is 0 Å². The third kappa shape index (κ3) is 4.41. The number of imide groups is 1. The van der Waals surface area contributed by atoms with Gasteiger partial charge in [-0.05, 0) is 30.2 Å². The maximum absolute atomic E-state index is 13.2. The molecule has 0 aliphatic carbocycles. The van der Waals surface area contributed by atoms with Crippen LogP contribution in [0.1, 0.15) is 18.9 Å². The monoisotopic (exact) mass is 486 g/mol. The summed E-state index contributed by atoms with van der Waals surface area (Å²) in [6.07, 6.45) is 0.321. The molecular formula is C23H26N4O6S. The second-order valence-corrected chi connectivity index (χ2v) is 9.98. The minimum Gasteiger partial charge on any atom is -0.379 e. The van der Waals surface area contributed by atoms with Gasteiger partial charge < -0.3 is 15.4 Å². The number of sulfonamides is 1. The van der Waals surface area contributed by atoms with Gasteiger partial charge >= 0.3 is 6.03 Å². The number of rotatable bonds is 7. The summed E-state index contributed by atoms with van der Waals surface area (Å²) in [6.45, 7) is 2.44. The van der Waals surface area contributed by atoms with Crippen LogP contribution in [0.15, 0.2) is 59.5 Å². The number of amides is 4. The van der Waals surface area contributed by atoms with Crippen molar-refractivity contribution in [1.29, 1.82) is 0 Å². The summed E-state index contributed by atoms with van der Waals surface area (Å²) in [4.78, 5) is 39.4. The van der Waals surface area contributed by atoms with Crippen LogP contribution in [0.3, 0.4) is 0 Å². The Morgan fingerprint density at radius 2 is 1.79 bits per heavy atom. The Morgan fingerprint density at radius 1 is 1.09 bits per heavy atom. The highest BCUT2D eigenvalue weighted by Crippen LogP contribution is 2.32. The molecule has 2 aromatic carbocycles. The number of urea groups is 1. The molecule has 0 spiro atoms. The van der Waals surface area contributed by atoms with E-state index in [9.17, 15) is 22.8 Å². The maximum Gasteiger partial charge on any atom is 0.325 e. The van der Waals surface area contributed by atoms with Crippen molar-refractivity contribution >= 4 is 33.6 Å². The normalized spacial score (nSPS) is 21.4. The van der Waals surface area contributed by atoms with E-state index in [4.69, 9.17) is 4.74 Å². The van der Waals surface area contributed by atoms with Crippen molar-refractivity contribution in [3.8, 4) is 0 Å². The second-order valence-electron chi connectivity index (χ2n) is 8.04. The summed E-state index contributed by atoms with van der Waals surface area (Å²) in [5.41, 5.74) is -0.346. The zero-order valence-corrected chi connectivity index (χ0v) is 19.5. The van der Waals surface area contributed by atoms with Crippen molar-refractivity contribution in [2.45, 2.75) is 23.8 Å². The molecule has 34 heavy (non-hydrogen) atoms. The Hall–Kier alpha value is -3.28. The number of anilines is 1. The van der Waals surface area contributed by atoms with E-state index in [2.05, 4.69) is 10.6 Å². The van der Waals surface area contributed by atoms with Crippen molar-refractivity contribution in [1.82, 2.24) is 14.5 Å². The first-order chi connectivity index (χ1) is 16.3. The molecule has 10 nitrogen and oxygen atoms in total. The summed E-state index contributed by atoms with van der Waals surface area (Å²) in [7, 11) is -3.74. The first kappa shape index (κ1) is 23.9. The highest BCUT2D eigenvalue weighted by Gasteiger charge is 2.51. The van der Waals surface area contributed by atoms with Gasteiger partial charge in [0.25, 0.3) is 5.91 Å². The van der Waals surface area contributed by atoms with E-state index in [1.54, 1.807) is 37.3 Å². The van der Waals surface area contributed by atoms with Crippen LogP contribution in [0.5, 0.6) is 0 Å². The third-order valence-corrected chi connectivity index (χ3v) is 7.89. The molecule has 2 aromatic rings. The van der Waals surface area contributed by atoms with Gasteiger partial charge in [-0.15, -0.1) is 0 Å². The van der Waals surface area contributed by atoms with Gasteiger partial charge in [0.05, 0.1) is 18.1 Å². The van der Waals surface area contributed by atoms with Gasteiger partial charge in [0, 0.05) is 18.8 Å². The molecule has 4 rings (SSSR count). The molecule has 0 aromatic heterocycles. The van der Waals surface area contributed by atoms with Gasteiger partial charge in [-0.3, -0.25) is 14.5 Å². The SMILES string of the molecule is CC[C@]1(c2ccccc2)NC(=O)N(CC(=O)Nc2cccc(S(=O)(=O)N3CCOCC3)c2)C1=O. The van der Waals surface area contributed by atoms with Crippen LogP contribution in [-0.2, 0) is 29.9 Å². The van der Waals surface area contributed by atoms with Crippen molar-refractivity contribution < 1.29 is 27.5 Å². The molecule has 180 valence electrons. The zero-order chi connectivity index (χ0) is 24.3. The lowest BCUT2D eigenvalue weighted by Gasteiger charge is -2.26. The van der Waals surface area contributed by atoms with E-state index in [1.807, 2.05) is 6.07 Å². The lowest BCUT2D eigenvalue weighted by atomic mass is 9.87. The molecule has 1 atom stereocenters. The van der Waals surface area contributed by atoms with E-state index >= 15 is 0 Å². The van der Waals surface area contributed by atoms with Gasteiger partial charge in [0.15, 0.2) is 0 Å². The molecule has 2 aliphatic heterocycles. The van der Waals surface area contributed by atoms with E-state index in [1.165, 1.54) is 22.5 Å². The number of carbonyl (C=O) groups excluding carboxylic acids is 3. The summed E-state index contributed by atoms with van der Waals surface area (Å²) >= 11 is 0. The smallest absolute Gasteiger partial charge is 0.325 e. The molecule has 0 bridgehead atoms. The van der Waals surface area contributed by atoms with Gasteiger partial charge in [-0.2, -0.15) is 4.31 Å². The molecule has 4 amide bonds. The Kier molecular flexibility index (Phi) is 6.69. The average molecular weight is 487 g/mol. The lowest BCUT2D eigenvalue weighted by Crippen LogP contribution is -2.44. The fourth-order valence-electron chi connectivity index (χ4n) is 4.15. The molecule has 2 fully saturated rings. The number of nitrogens with zero attached hydrogens (tertiary/aromatic N) is 2. The first-order valence-electron chi connectivity index (χ1n) is 11.0. The van der Waals surface area contributed by atoms with Crippen LogP contribution >= 0.6 is 0 Å². The van der Waals surface area contributed by atoms with Gasteiger partial charge in [0.2, 0.25) is 15.9 Å². The van der Waals surface area contributed by atoms with Crippen LogP contribution in [-0.4, -0.2) is 68.3 Å². The quantitative estimate of drug-likeness (QED) is 0.572. The number of ether oxygens (including phenoxy) is 1. The number of hydrogen-bond acceptors (Lipinski definition) is 6. The third-order valence-electron chi connectivity index (χ3n) is 6.00. The molecule has 2 aliphatic rings. The van der Waals surface area contributed by atoms with E-state index in [0.717, 1.165) is 4.90 Å². The number of benzene rings is 2. The summed E-state index contributed by atoms with van der Waals surface area (Å²) < 4.78 is 32.3. The fraction of sp³-hybridized carbons (Fsp3) is 0.348. The molecule has 0 unspecified atom stereocenters. The predicted octanol–water partition coefficient (Wildman–Crippen LogP) is 1.50. The Bertz CT molecular complexity index is 1200.